The van der Waals surface area contributed by atoms with Crippen LogP contribution < -0.4 is 10.1 Å². The van der Waals surface area contributed by atoms with Gasteiger partial charge in [0.05, 0.1) is 25.7 Å². The van der Waals surface area contributed by atoms with Gasteiger partial charge in [-0.25, -0.2) is 0 Å². The number of piperidine rings is 1. The van der Waals surface area contributed by atoms with Gasteiger partial charge < -0.3 is 19.7 Å². The molecule has 28 heavy (non-hydrogen) atoms. The van der Waals surface area contributed by atoms with Crippen molar-refractivity contribution < 1.29 is 19.1 Å². The first kappa shape index (κ1) is 20.6. The summed E-state index contributed by atoms with van der Waals surface area (Å²) in [6.45, 7) is 6.62. The van der Waals surface area contributed by atoms with Crippen molar-refractivity contribution in [2.75, 3.05) is 59.1 Å². The Morgan fingerprint density at radius 3 is 2.75 bits per heavy atom. The van der Waals surface area contributed by atoms with Crippen molar-refractivity contribution in [3.63, 3.8) is 0 Å². The Bertz CT molecular complexity index is 619. The molecule has 2 heterocycles. The molecule has 2 fully saturated rings. The minimum absolute atomic E-state index is 0.0161. The average molecular weight is 389 g/mol. The van der Waals surface area contributed by atoms with Crippen LogP contribution in [0.15, 0.2) is 30.3 Å². The van der Waals surface area contributed by atoms with Crippen LogP contribution >= 0.6 is 0 Å². The first-order valence-corrected chi connectivity index (χ1v) is 10.3. The first-order chi connectivity index (χ1) is 13.7. The Morgan fingerprint density at radius 1 is 1.18 bits per heavy atom. The van der Waals surface area contributed by atoms with Gasteiger partial charge in [0.25, 0.3) is 0 Å². The Hall–Kier alpha value is -2.12. The number of amides is 2. The number of nitrogens with one attached hydrogen (secondary N) is 1. The second-order valence-corrected chi connectivity index (χ2v) is 7.34. The number of hydrogen-bond acceptors (Lipinski definition) is 5. The monoisotopic (exact) mass is 389 g/mol. The summed E-state index contributed by atoms with van der Waals surface area (Å²) in [5, 5.41) is 2.94. The summed E-state index contributed by atoms with van der Waals surface area (Å²) in [5.41, 5.74) is 0. The minimum atomic E-state index is -0.127. The molecule has 7 nitrogen and oxygen atoms in total. The maximum atomic E-state index is 12.5. The van der Waals surface area contributed by atoms with Crippen molar-refractivity contribution >= 4 is 11.8 Å². The number of ether oxygens (including phenoxy) is 2. The zero-order valence-electron chi connectivity index (χ0n) is 16.5. The summed E-state index contributed by atoms with van der Waals surface area (Å²) in [7, 11) is 0. The van der Waals surface area contributed by atoms with Gasteiger partial charge in [-0.2, -0.15) is 0 Å². The molecule has 0 aliphatic carbocycles. The van der Waals surface area contributed by atoms with E-state index in [2.05, 4.69) is 10.2 Å². The maximum Gasteiger partial charge on any atom is 0.225 e. The highest BCUT2D eigenvalue weighted by Gasteiger charge is 2.29. The van der Waals surface area contributed by atoms with Gasteiger partial charge in [-0.15, -0.1) is 0 Å². The SMILES string of the molecule is O=C(NCCOc1ccccc1)[C@@H]1CCC(=O)N(CCCN2CCOCC2)C1. The summed E-state index contributed by atoms with van der Waals surface area (Å²) in [4.78, 5) is 28.9. The van der Waals surface area contributed by atoms with Gasteiger partial charge >= 0.3 is 0 Å². The molecule has 0 unspecified atom stereocenters. The number of likely N-dealkylation sites (tertiary alicyclic amines) is 1. The van der Waals surface area contributed by atoms with E-state index in [1.54, 1.807) is 0 Å². The lowest BCUT2D eigenvalue weighted by Gasteiger charge is -2.33. The van der Waals surface area contributed by atoms with Crippen molar-refractivity contribution in [3.05, 3.63) is 30.3 Å². The zero-order chi connectivity index (χ0) is 19.6. The van der Waals surface area contributed by atoms with E-state index in [1.807, 2.05) is 35.2 Å². The molecule has 0 aromatic heterocycles. The largest absolute Gasteiger partial charge is 0.492 e. The topological polar surface area (TPSA) is 71.1 Å². The van der Waals surface area contributed by atoms with Crippen LogP contribution in [0.5, 0.6) is 5.75 Å². The second-order valence-electron chi connectivity index (χ2n) is 7.34. The molecule has 2 amide bonds. The third kappa shape index (κ3) is 6.49. The fourth-order valence-corrected chi connectivity index (χ4v) is 3.66. The first-order valence-electron chi connectivity index (χ1n) is 10.3. The highest BCUT2D eigenvalue weighted by Crippen LogP contribution is 2.18. The standard InChI is InChI=1S/C21H31N3O4/c25-20-8-7-18(17-24(20)11-4-10-23-12-15-27-16-13-23)21(26)22-9-14-28-19-5-2-1-3-6-19/h1-3,5-6,18H,4,7-17H2,(H,22,26)/t18-/m1/s1. The number of carbonyl (C=O) groups excluding carboxylic acids is 2. The predicted molar refractivity (Wildman–Crippen MR) is 106 cm³/mol. The van der Waals surface area contributed by atoms with Crippen LogP contribution in [0.4, 0.5) is 0 Å². The van der Waals surface area contributed by atoms with Crippen LogP contribution in [-0.2, 0) is 14.3 Å². The molecule has 1 aromatic carbocycles. The Kier molecular flexibility index (Phi) is 8.11. The molecule has 154 valence electrons. The fraction of sp³-hybridized carbons (Fsp3) is 0.619. The lowest BCUT2D eigenvalue weighted by molar-refractivity contribution is -0.138. The molecule has 1 N–H and O–H groups in total. The van der Waals surface area contributed by atoms with Crippen molar-refractivity contribution in [1.29, 1.82) is 0 Å². The van der Waals surface area contributed by atoms with Crippen molar-refractivity contribution in [3.8, 4) is 5.75 Å². The number of carbonyl (C=O) groups is 2. The third-order valence-electron chi connectivity index (χ3n) is 5.29. The molecular formula is C21H31N3O4. The molecule has 2 saturated heterocycles. The van der Waals surface area contributed by atoms with Crippen LogP contribution in [0.3, 0.4) is 0 Å². The molecule has 0 saturated carbocycles. The molecular weight excluding hydrogens is 358 g/mol. The summed E-state index contributed by atoms with van der Waals surface area (Å²) >= 11 is 0. The summed E-state index contributed by atoms with van der Waals surface area (Å²) in [6.07, 6.45) is 2.02. The molecule has 0 radical (unpaired) electrons. The molecule has 2 aliphatic rings. The van der Waals surface area contributed by atoms with Crippen LogP contribution in [-0.4, -0.2) is 80.7 Å². The van der Waals surface area contributed by atoms with Gasteiger partial charge in [-0.3, -0.25) is 14.5 Å². The van der Waals surface area contributed by atoms with Crippen molar-refractivity contribution in [2.24, 2.45) is 5.92 Å². The summed E-state index contributed by atoms with van der Waals surface area (Å²) in [6, 6.07) is 9.56. The summed E-state index contributed by atoms with van der Waals surface area (Å²) < 4.78 is 11.0. The van der Waals surface area contributed by atoms with Gasteiger partial charge in [0.15, 0.2) is 0 Å². The number of hydrogen-bond donors (Lipinski definition) is 1. The minimum Gasteiger partial charge on any atom is -0.492 e. The molecule has 1 atom stereocenters. The van der Waals surface area contributed by atoms with Gasteiger partial charge in [-0.1, -0.05) is 18.2 Å². The maximum absolute atomic E-state index is 12.5. The van der Waals surface area contributed by atoms with Crippen molar-refractivity contribution in [2.45, 2.75) is 19.3 Å². The number of morpholine rings is 1. The Balaban J connectivity index is 1.34. The van der Waals surface area contributed by atoms with E-state index >= 15 is 0 Å². The lowest BCUT2D eigenvalue weighted by Crippen LogP contribution is -2.47. The third-order valence-corrected chi connectivity index (χ3v) is 5.29. The van der Waals surface area contributed by atoms with Crippen LogP contribution in [0.2, 0.25) is 0 Å². The Labute approximate surface area is 167 Å². The van der Waals surface area contributed by atoms with E-state index in [0.29, 0.717) is 32.5 Å². The molecule has 0 spiro atoms. The van der Waals surface area contributed by atoms with Crippen LogP contribution in [0, 0.1) is 5.92 Å². The van der Waals surface area contributed by atoms with E-state index in [4.69, 9.17) is 9.47 Å². The Morgan fingerprint density at radius 2 is 1.96 bits per heavy atom. The van der Waals surface area contributed by atoms with Gasteiger partial charge in [-0.05, 0) is 25.0 Å². The normalized spacial score (nSPS) is 20.8. The van der Waals surface area contributed by atoms with E-state index in [-0.39, 0.29) is 17.7 Å². The van der Waals surface area contributed by atoms with E-state index in [0.717, 1.165) is 51.6 Å². The zero-order valence-corrected chi connectivity index (χ0v) is 16.5. The summed E-state index contributed by atoms with van der Waals surface area (Å²) in [5.74, 6) is 0.852. The van der Waals surface area contributed by atoms with Gasteiger partial charge in [0.2, 0.25) is 11.8 Å². The second kappa shape index (κ2) is 11.0. The predicted octanol–water partition coefficient (Wildman–Crippen LogP) is 1.14. The molecule has 3 rings (SSSR count). The fourth-order valence-electron chi connectivity index (χ4n) is 3.66. The van der Waals surface area contributed by atoms with Crippen LogP contribution in [0.1, 0.15) is 19.3 Å². The number of para-hydroxylation sites is 1. The van der Waals surface area contributed by atoms with E-state index in [1.165, 1.54) is 0 Å². The average Bonchev–Trinajstić information content (AvgIpc) is 2.74. The highest BCUT2D eigenvalue weighted by molar-refractivity contribution is 5.83. The molecule has 7 heteroatoms. The molecule has 0 bridgehead atoms. The molecule has 2 aliphatic heterocycles. The number of benzene rings is 1. The van der Waals surface area contributed by atoms with Crippen LogP contribution in [0.25, 0.3) is 0 Å². The van der Waals surface area contributed by atoms with Gasteiger partial charge in [0, 0.05) is 39.1 Å². The number of nitrogens with zero attached hydrogens (tertiary/aromatic N) is 2. The lowest BCUT2D eigenvalue weighted by atomic mass is 9.96. The number of rotatable bonds is 9. The van der Waals surface area contributed by atoms with Gasteiger partial charge in [0.1, 0.15) is 12.4 Å². The van der Waals surface area contributed by atoms with E-state index in [9.17, 15) is 9.59 Å². The quantitative estimate of drug-likeness (QED) is 0.642. The molecule has 1 aromatic rings. The van der Waals surface area contributed by atoms with Crippen molar-refractivity contribution in [1.82, 2.24) is 15.1 Å². The van der Waals surface area contributed by atoms with E-state index < -0.39 is 0 Å². The smallest absolute Gasteiger partial charge is 0.225 e. The highest BCUT2D eigenvalue weighted by atomic mass is 16.5.